The number of nitrogens with zero attached hydrogens (tertiary/aromatic N) is 3. The Kier molecular flexibility index (Phi) is 17.3. The highest BCUT2D eigenvalue weighted by Gasteiger charge is 2.38. The highest BCUT2D eigenvalue weighted by atomic mass is 32.3. The summed E-state index contributed by atoms with van der Waals surface area (Å²) in [6.45, 7) is 5.54. The average Bonchev–Trinajstić information content (AvgIpc) is 3.06. The molecule has 21 nitrogen and oxygen atoms in total. The third-order valence-electron chi connectivity index (χ3n) is 7.17. The molecule has 4 aromatic rings. The molecule has 0 saturated heterocycles. The van der Waals surface area contributed by atoms with Crippen molar-refractivity contribution in [1.29, 1.82) is 0 Å². The van der Waals surface area contributed by atoms with Gasteiger partial charge in [-0.15, -0.1) is 25.3 Å². The minimum atomic E-state index is -6.09. The largest absolute Gasteiger partial charge is 0.741 e. The average molecular weight is 1040 g/mol. The van der Waals surface area contributed by atoms with E-state index >= 15 is 0 Å². The number of halogens is 9. The summed E-state index contributed by atoms with van der Waals surface area (Å²) in [7, 11) is -31.7. The first-order chi connectivity index (χ1) is 27.7. The van der Waals surface area contributed by atoms with Gasteiger partial charge in [-0.1, -0.05) is 11.9 Å². The smallest absolute Gasteiger partial charge is 0.511 e. The second-order valence-corrected chi connectivity index (χ2v) is 19.4. The van der Waals surface area contributed by atoms with Gasteiger partial charge in [-0.2, -0.15) is 39.5 Å². The van der Waals surface area contributed by atoms with Crippen LogP contribution in [0.25, 0.3) is 33.4 Å². The SMILES string of the molecule is Cc1c(-c2cc[n+](S(=O)(=O)O)cc2)c(C)c(-c2cc[n+](S(=O)(=O)O)cc2)c(C)c1-c1cc[n+](S(=O)(=O)O)cc1.O=S(=O)([O-])C(F)(F)F.O=S(=O)([O-])C(F)(F)F.O=S(=O)([O-])C(F)(F)F. The molecule has 0 saturated carbocycles. The van der Waals surface area contributed by atoms with Crippen LogP contribution in [0.3, 0.4) is 0 Å². The van der Waals surface area contributed by atoms with Crippen molar-refractivity contribution in [3.8, 4) is 33.4 Å². The lowest BCUT2D eigenvalue weighted by Crippen LogP contribution is -2.41. The van der Waals surface area contributed by atoms with Gasteiger partial charge in [0.25, 0.3) is 0 Å². The third-order valence-corrected chi connectivity index (χ3v) is 11.2. The lowest BCUT2D eigenvalue weighted by molar-refractivity contribution is -0.519. The Bertz CT molecular complexity index is 2650. The Balaban J connectivity index is 0.000000672. The predicted molar refractivity (Wildman–Crippen MR) is 186 cm³/mol. The summed E-state index contributed by atoms with van der Waals surface area (Å²) in [6.07, 6.45) is 7.15. The van der Waals surface area contributed by atoms with E-state index in [1.165, 1.54) is 73.6 Å². The highest BCUT2D eigenvalue weighted by Crippen LogP contribution is 2.43. The fraction of sp³-hybridized carbons (Fsp3) is 0.222. The number of pyridine rings is 3. The number of rotatable bonds is 6. The first-order valence-electron chi connectivity index (χ1n) is 14.9. The molecular weight excluding hydrogens is 1020 g/mol. The quantitative estimate of drug-likeness (QED) is 0.107. The van der Waals surface area contributed by atoms with Gasteiger partial charge in [0.1, 0.15) is 0 Å². The standard InChI is InChI=1S/C24H21N3O9S3.3CHF3O3S/c1-16-22(19-4-10-25(11-5-19)37(28,29)30)17(2)24(21-8-14-27(15-9-21)39(34,35)36)18(3)23(16)20-6-12-26(13-7-20)38(31,32)33;3*2-1(3,4)8(5,6)7/h4-15H,1-3H3;3*(H,5,6,7). The van der Waals surface area contributed by atoms with Crippen molar-refractivity contribution in [2.24, 2.45) is 0 Å². The molecule has 3 aromatic heterocycles. The Labute approximate surface area is 350 Å². The maximum absolute atomic E-state index is 11.5. The number of alkyl halides is 9. The van der Waals surface area contributed by atoms with Gasteiger partial charge in [0.05, 0.1) is 0 Å². The van der Waals surface area contributed by atoms with E-state index in [0.717, 1.165) is 16.7 Å². The third kappa shape index (κ3) is 15.6. The Morgan fingerprint density at radius 3 is 0.603 bits per heavy atom. The maximum Gasteiger partial charge on any atom is 0.511 e. The molecule has 4 rings (SSSR count). The summed E-state index contributed by atoms with van der Waals surface area (Å²) < 4.78 is 276. The zero-order valence-corrected chi connectivity index (χ0v) is 35.5. The molecule has 0 unspecified atom stereocenters. The van der Waals surface area contributed by atoms with Gasteiger partial charge in [-0.3, -0.25) is 0 Å². The molecule has 0 aliphatic carbocycles. The minimum absolute atomic E-state index is 0.611. The number of aromatic nitrogens is 3. The molecule has 354 valence electrons. The van der Waals surface area contributed by atoms with Crippen LogP contribution in [0.15, 0.2) is 73.6 Å². The lowest BCUT2D eigenvalue weighted by Gasteiger charge is -2.22. The van der Waals surface area contributed by atoms with Crippen molar-refractivity contribution in [3.05, 3.63) is 90.3 Å². The van der Waals surface area contributed by atoms with Gasteiger partial charge in [0.2, 0.25) is 0 Å². The van der Waals surface area contributed by atoms with Crippen LogP contribution in [0.1, 0.15) is 16.7 Å². The van der Waals surface area contributed by atoms with E-state index in [1.807, 2.05) is 20.8 Å². The summed E-state index contributed by atoms with van der Waals surface area (Å²) in [5.41, 5.74) is -10.7. The van der Waals surface area contributed by atoms with Crippen LogP contribution in [0.4, 0.5) is 39.5 Å². The molecule has 0 aliphatic rings. The van der Waals surface area contributed by atoms with Crippen LogP contribution in [0.5, 0.6) is 0 Å². The van der Waals surface area contributed by atoms with E-state index in [1.54, 1.807) is 0 Å². The molecule has 3 heterocycles. The van der Waals surface area contributed by atoms with Gasteiger partial charge in [-0.05, 0) is 70.8 Å². The molecule has 0 aliphatic heterocycles. The van der Waals surface area contributed by atoms with E-state index in [2.05, 4.69) is 0 Å². The molecule has 0 radical (unpaired) electrons. The zero-order valence-electron chi connectivity index (χ0n) is 30.6. The molecular formula is C27H24F9N3O18S6. The van der Waals surface area contributed by atoms with Crippen molar-refractivity contribution in [2.75, 3.05) is 0 Å². The van der Waals surface area contributed by atoms with Crippen LogP contribution in [-0.2, 0) is 61.3 Å². The second kappa shape index (κ2) is 19.3. The summed E-state index contributed by atoms with van der Waals surface area (Å²) in [5, 5.41) is 0. The summed E-state index contributed by atoms with van der Waals surface area (Å²) in [4.78, 5) is 0. The second-order valence-electron chi connectivity index (χ2n) is 11.4. The number of hydrogen-bond donors (Lipinski definition) is 3. The lowest BCUT2D eigenvalue weighted by atomic mass is 9.81. The Hall–Kier alpha value is -4.50. The summed E-state index contributed by atoms with van der Waals surface area (Å²) in [5.74, 6) is 0. The van der Waals surface area contributed by atoms with Crippen LogP contribution >= 0.6 is 0 Å². The predicted octanol–water partition coefficient (Wildman–Crippen LogP) is 1.58. The molecule has 36 heteroatoms. The van der Waals surface area contributed by atoms with Gasteiger partial charge in [0.15, 0.2) is 67.5 Å². The van der Waals surface area contributed by atoms with E-state index < -0.39 is 77.8 Å². The summed E-state index contributed by atoms with van der Waals surface area (Å²) >= 11 is 0. The molecule has 0 atom stereocenters. The van der Waals surface area contributed by atoms with E-state index in [0.29, 0.717) is 45.3 Å². The number of hydrogen-bond acceptors (Lipinski definition) is 15. The van der Waals surface area contributed by atoms with Crippen molar-refractivity contribution < 1.29 is 129 Å². The number of benzene rings is 1. The fourth-order valence-corrected chi connectivity index (χ4v) is 6.01. The fourth-order valence-electron chi connectivity index (χ4n) is 4.72. The molecule has 0 spiro atoms. The van der Waals surface area contributed by atoms with Crippen molar-refractivity contribution in [3.63, 3.8) is 0 Å². The first kappa shape index (κ1) is 56.5. The molecule has 0 amide bonds. The first-order valence-corrected chi connectivity index (χ1v) is 23.4. The maximum atomic E-state index is 11.5. The van der Waals surface area contributed by atoms with Crippen LogP contribution < -0.4 is 11.9 Å². The van der Waals surface area contributed by atoms with E-state index in [9.17, 15) is 78.4 Å². The van der Waals surface area contributed by atoms with Crippen LogP contribution in [-0.4, -0.2) is 94.3 Å². The molecule has 0 fully saturated rings. The van der Waals surface area contributed by atoms with Gasteiger partial charge < -0.3 is 13.7 Å². The molecule has 0 bridgehead atoms. The Morgan fingerprint density at radius 2 is 0.508 bits per heavy atom. The topological polar surface area (TPSA) is 346 Å². The van der Waals surface area contributed by atoms with Crippen LogP contribution in [0.2, 0.25) is 0 Å². The molecule has 1 aromatic carbocycles. The monoisotopic (exact) mass is 1040 g/mol. The van der Waals surface area contributed by atoms with Gasteiger partial charge >= 0.3 is 47.4 Å². The van der Waals surface area contributed by atoms with E-state index in [-0.39, 0.29) is 0 Å². The highest BCUT2D eigenvalue weighted by molar-refractivity contribution is 7.87. The minimum Gasteiger partial charge on any atom is -0.741 e. The molecule has 63 heavy (non-hydrogen) atoms. The molecule has 3 N–H and O–H groups in total. The Morgan fingerprint density at radius 1 is 0.381 bits per heavy atom. The van der Waals surface area contributed by atoms with Crippen molar-refractivity contribution in [1.82, 2.24) is 0 Å². The van der Waals surface area contributed by atoms with Crippen molar-refractivity contribution in [2.45, 2.75) is 37.3 Å². The summed E-state index contributed by atoms with van der Waals surface area (Å²) in [6, 6.07) is 9.09. The van der Waals surface area contributed by atoms with Crippen molar-refractivity contribution >= 4 is 61.3 Å². The normalized spacial score (nSPS) is 13.0. The van der Waals surface area contributed by atoms with Crippen LogP contribution in [0, 0.1) is 20.8 Å². The van der Waals surface area contributed by atoms with Gasteiger partial charge in [0, 0.05) is 36.4 Å². The van der Waals surface area contributed by atoms with Gasteiger partial charge in [-0.25, -0.2) is 38.9 Å². The zero-order chi connectivity index (χ0) is 49.9. The van der Waals surface area contributed by atoms with E-state index in [4.69, 9.17) is 38.9 Å².